The van der Waals surface area contributed by atoms with Crippen molar-refractivity contribution in [3.63, 3.8) is 0 Å². The van der Waals surface area contributed by atoms with E-state index in [9.17, 15) is 4.79 Å². The second kappa shape index (κ2) is 6.55. The molecule has 0 aliphatic carbocycles. The quantitative estimate of drug-likeness (QED) is 0.732. The first-order chi connectivity index (χ1) is 11.8. The van der Waals surface area contributed by atoms with Gasteiger partial charge in [0, 0.05) is 23.0 Å². The van der Waals surface area contributed by atoms with Gasteiger partial charge in [0.2, 0.25) is 0 Å². The molecule has 1 aromatic heterocycles. The number of aromatic nitrogens is 1. The number of nitrogens with one attached hydrogen (secondary N) is 1. The first-order valence-corrected chi connectivity index (χ1v) is 8.66. The van der Waals surface area contributed by atoms with Crippen molar-refractivity contribution in [2.45, 2.75) is 32.5 Å². The van der Waals surface area contributed by atoms with Crippen molar-refractivity contribution in [2.24, 2.45) is 0 Å². The van der Waals surface area contributed by atoms with Crippen molar-refractivity contribution in [1.82, 2.24) is 4.98 Å². The molecule has 0 saturated carbocycles. The largest absolute Gasteiger partial charge is 0.464 e. The summed E-state index contributed by atoms with van der Waals surface area (Å²) >= 11 is 3.37. The van der Waals surface area contributed by atoms with Gasteiger partial charge in [-0.1, -0.05) is 0 Å². The van der Waals surface area contributed by atoms with E-state index >= 15 is 0 Å². The van der Waals surface area contributed by atoms with Crippen molar-refractivity contribution >= 4 is 33.4 Å². The van der Waals surface area contributed by atoms with Gasteiger partial charge in [-0.25, -0.2) is 9.78 Å². The number of hydrogen-bond donors (Lipinski definition) is 1. The number of carbonyl (C=O) groups excluding carboxylic acids is 1. The Morgan fingerprint density at radius 3 is 2.72 bits per heavy atom. The fraction of sp³-hybridized carbons (Fsp3) is 0.333. The Hall–Kier alpha value is -2.28. The Balaban J connectivity index is 1.90. The summed E-state index contributed by atoms with van der Waals surface area (Å²) in [4.78, 5) is 18.0. The van der Waals surface area contributed by atoms with Crippen LogP contribution in [0.5, 0.6) is 5.75 Å². The molecule has 0 bridgehead atoms. The molecule has 0 spiro atoms. The average molecular weight is 406 g/mol. The Morgan fingerprint density at radius 2 is 2.08 bits per heavy atom. The number of rotatable bonds is 2. The highest BCUT2D eigenvalue weighted by Gasteiger charge is 2.31. The minimum absolute atomic E-state index is 0.300. The van der Waals surface area contributed by atoms with Gasteiger partial charge in [0.1, 0.15) is 10.4 Å². The molecule has 25 heavy (non-hydrogen) atoms. The van der Waals surface area contributed by atoms with E-state index in [4.69, 9.17) is 9.47 Å². The number of fused-ring (bicyclic) bond motifs is 1. The van der Waals surface area contributed by atoms with Crippen LogP contribution in [0, 0.1) is 0 Å². The third kappa shape index (κ3) is 3.56. The number of carbonyl (C=O) groups is 1. The second-order valence-electron chi connectivity index (χ2n) is 6.71. The third-order valence-corrected chi connectivity index (χ3v) is 4.27. The van der Waals surface area contributed by atoms with E-state index < -0.39 is 11.6 Å². The fourth-order valence-corrected chi connectivity index (χ4v) is 3.14. The number of pyridine rings is 1. The smallest absolute Gasteiger partial charge is 0.414 e. The van der Waals surface area contributed by atoms with Gasteiger partial charge in [-0.05, 0) is 67.0 Å². The highest BCUT2D eigenvalue weighted by atomic mass is 79.9. The topological polar surface area (TPSA) is 63.7 Å². The van der Waals surface area contributed by atoms with Crippen LogP contribution in [0.15, 0.2) is 41.1 Å². The van der Waals surface area contributed by atoms with Gasteiger partial charge in [0.05, 0.1) is 12.8 Å². The van der Waals surface area contributed by atoms with E-state index in [-0.39, 0.29) is 6.23 Å². The molecule has 7 heteroatoms. The molecule has 132 valence electrons. The maximum atomic E-state index is 12.2. The summed E-state index contributed by atoms with van der Waals surface area (Å²) in [6.45, 7) is 5.87. The zero-order chi connectivity index (χ0) is 18.2. The number of benzene rings is 1. The summed E-state index contributed by atoms with van der Waals surface area (Å²) in [7, 11) is 1.38. The van der Waals surface area contributed by atoms with Gasteiger partial charge in [0.25, 0.3) is 0 Å². The van der Waals surface area contributed by atoms with E-state index in [2.05, 4.69) is 26.2 Å². The lowest BCUT2D eigenvalue weighted by Gasteiger charge is -2.34. The molecule has 0 saturated heterocycles. The van der Waals surface area contributed by atoms with Crippen LogP contribution in [-0.4, -0.2) is 23.7 Å². The molecule has 6 nitrogen and oxygen atoms in total. The first kappa shape index (κ1) is 17.5. The van der Waals surface area contributed by atoms with Gasteiger partial charge in [0.15, 0.2) is 6.23 Å². The average Bonchev–Trinajstić information content (AvgIpc) is 2.97. The van der Waals surface area contributed by atoms with Crippen molar-refractivity contribution in [2.75, 3.05) is 17.3 Å². The maximum absolute atomic E-state index is 12.2. The minimum atomic E-state index is -0.420. The highest BCUT2D eigenvalue weighted by Crippen LogP contribution is 2.41. The predicted molar refractivity (Wildman–Crippen MR) is 100 cm³/mol. The van der Waals surface area contributed by atoms with E-state index in [0.29, 0.717) is 0 Å². The summed E-state index contributed by atoms with van der Waals surface area (Å²) in [5, 5.41) is 3.33. The molecule has 1 aliphatic heterocycles. The van der Waals surface area contributed by atoms with E-state index in [1.807, 2.05) is 51.1 Å². The highest BCUT2D eigenvalue weighted by molar-refractivity contribution is 9.10. The third-order valence-electron chi connectivity index (χ3n) is 3.83. The molecule has 2 heterocycles. The SMILES string of the molecule is COC(=O)N(c1ccc2c(c1)NC(c1ccnc(Br)c1)O2)C(C)(C)C. The van der Waals surface area contributed by atoms with Crippen LogP contribution >= 0.6 is 15.9 Å². The van der Waals surface area contributed by atoms with Crippen LogP contribution in [0.2, 0.25) is 0 Å². The van der Waals surface area contributed by atoms with Crippen LogP contribution in [0.3, 0.4) is 0 Å². The molecule has 3 rings (SSSR count). The fourth-order valence-electron chi connectivity index (χ4n) is 2.76. The zero-order valence-electron chi connectivity index (χ0n) is 14.5. The molecule has 0 fully saturated rings. The summed E-state index contributed by atoms with van der Waals surface area (Å²) < 4.78 is 11.6. The van der Waals surface area contributed by atoms with Crippen LogP contribution < -0.4 is 15.0 Å². The predicted octanol–water partition coefficient (Wildman–Crippen LogP) is 4.72. The Morgan fingerprint density at radius 1 is 1.32 bits per heavy atom. The van der Waals surface area contributed by atoms with Gasteiger partial charge < -0.3 is 14.8 Å². The molecule has 1 unspecified atom stereocenters. The Bertz CT molecular complexity index is 804. The molecule has 1 amide bonds. The number of anilines is 2. The summed E-state index contributed by atoms with van der Waals surface area (Å²) in [5.74, 6) is 0.736. The van der Waals surface area contributed by atoms with Crippen LogP contribution in [0.1, 0.15) is 32.6 Å². The van der Waals surface area contributed by atoms with Crippen LogP contribution in [0.25, 0.3) is 0 Å². The number of halogens is 1. The zero-order valence-corrected chi connectivity index (χ0v) is 16.1. The molecule has 1 aliphatic rings. The molecular formula is C18H20BrN3O3. The lowest BCUT2D eigenvalue weighted by molar-refractivity contribution is 0.172. The van der Waals surface area contributed by atoms with Crippen molar-refractivity contribution < 1.29 is 14.3 Å². The van der Waals surface area contributed by atoms with E-state index in [1.165, 1.54) is 7.11 Å². The normalized spacial score (nSPS) is 15.8. The lowest BCUT2D eigenvalue weighted by atomic mass is 10.1. The second-order valence-corrected chi connectivity index (χ2v) is 7.52. The standard InChI is InChI=1S/C18H20BrN3O3/c1-18(2,3)22(17(23)24-4)12-5-6-14-13(10-12)21-16(25-14)11-7-8-20-15(19)9-11/h5-10,16,21H,1-4H3. The van der Waals surface area contributed by atoms with Gasteiger partial charge in [-0.15, -0.1) is 0 Å². The minimum Gasteiger partial charge on any atom is -0.464 e. The summed E-state index contributed by atoms with van der Waals surface area (Å²) in [6.07, 6.45) is 1.02. The summed E-state index contributed by atoms with van der Waals surface area (Å²) in [6, 6.07) is 9.41. The van der Waals surface area contributed by atoms with E-state index in [0.717, 1.165) is 27.3 Å². The van der Waals surface area contributed by atoms with Gasteiger partial charge in [-0.2, -0.15) is 0 Å². The number of ether oxygens (including phenoxy) is 2. The Labute approximate surface area is 155 Å². The molecule has 1 aromatic carbocycles. The van der Waals surface area contributed by atoms with Gasteiger partial charge >= 0.3 is 6.09 Å². The monoisotopic (exact) mass is 405 g/mol. The van der Waals surface area contributed by atoms with Crippen LogP contribution in [-0.2, 0) is 4.74 Å². The number of methoxy groups -OCH3 is 1. The molecule has 1 atom stereocenters. The van der Waals surface area contributed by atoms with Crippen molar-refractivity contribution in [3.8, 4) is 5.75 Å². The number of hydrogen-bond acceptors (Lipinski definition) is 5. The lowest BCUT2D eigenvalue weighted by Crippen LogP contribution is -2.45. The Kier molecular flexibility index (Phi) is 4.60. The van der Waals surface area contributed by atoms with Crippen molar-refractivity contribution in [3.05, 3.63) is 46.7 Å². The maximum Gasteiger partial charge on any atom is 0.414 e. The molecule has 1 N–H and O–H groups in total. The van der Waals surface area contributed by atoms with Crippen molar-refractivity contribution in [1.29, 1.82) is 0 Å². The first-order valence-electron chi connectivity index (χ1n) is 7.86. The number of amides is 1. The molecule has 2 aromatic rings. The van der Waals surface area contributed by atoms with E-state index in [1.54, 1.807) is 11.1 Å². The van der Waals surface area contributed by atoms with Gasteiger partial charge in [-0.3, -0.25) is 4.90 Å². The summed E-state index contributed by atoms with van der Waals surface area (Å²) in [5.41, 5.74) is 2.11. The van der Waals surface area contributed by atoms with Crippen LogP contribution in [0.4, 0.5) is 16.2 Å². The molecule has 0 radical (unpaired) electrons. The molecular weight excluding hydrogens is 386 g/mol. The number of nitrogens with zero attached hydrogens (tertiary/aromatic N) is 2.